The minimum absolute atomic E-state index is 0. The smallest absolute Gasteiger partial charge is 0.193 e. The molecule has 1 aromatic heterocycles. The highest BCUT2D eigenvalue weighted by atomic mass is 127. The fourth-order valence-electron chi connectivity index (χ4n) is 3.00. The molecule has 2 rings (SSSR count). The molecule has 1 aromatic rings. The van der Waals surface area contributed by atoms with Crippen LogP contribution in [-0.4, -0.2) is 62.0 Å². The van der Waals surface area contributed by atoms with Crippen LogP contribution in [-0.2, 0) is 24.3 Å². The van der Waals surface area contributed by atoms with Crippen molar-refractivity contribution >= 4 is 40.7 Å². The van der Waals surface area contributed by atoms with E-state index in [1.54, 1.807) is 0 Å². The number of nitrogens with zero attached hydrogens (tertiary/aromatic N) is 4. The second-order valence-corrected chi connectivity index (χ2v) is 9.79. The molecule has 0 radical (unpaired) electrons. The van der Waals surface area contributed by atoms with Crippen molar-refractivity contribution in [1.29, 1.82) is 0 Å². The summed E-state index contributed by atoms with van der Waals surface area (Å²) in [6, 6.07) is 0. The fraction of sp³-hybridized carbons (Fsp3) is 0.765. The van der Waals surface area contributed by atoms with E-state index in [-0.39, 0.29) is 28.7 Å². The zero-order chi connectivity index (χ0) is 17.7. The van der Waals surface area contributed by atoms with Crippen molar-refractivity contribution in [3.05, 3.63) is 18.0 Å². The number of rotatable bonds is 5. The number of hydrogen-bond acceptors (Lipinski definition) is 3. The molecular formula is C17H32IN5OS. The van der Waals surface area contributed by atoms with Crippen LogP contribution in [0, 0.1) is 5.92 Å². The lowest BCUT2D eigenvalue weighted by Gasteiger charge is -2.23. The predicted molar refractivity (Wildman–Crippen MR) is 116 cm³/mol. The molecule has 0 spiro atoms. The molecule has 0 aliphatic carbocycles. The minimum Gasteiger partial charge on any atom is -0.355 e. The molecule has 2 heterocycles. The van der Waals surface area contributed by atoms with Crippen molar-refractivity contribution in [2.75, 3.05) is 32.4 Å². The molecule has 25 heavy (non-hydrogen) atoms. The van der Waals surface area contributed by atoms with Gasteiger partial charge < -0.3 is 10.2 Å². The molecule has 0 amide bonds. The molecule has 0 aromatic carbocycles. The second kappa shape index (κ2) is 9.89. The van der Waals surface area contributed by atoms with Gasteiger partial charge in [-0.2, -0.15) is 5.10 Å². The Kier molecular flexibility index (Phi) is 8.86. The highest BCUT2D eigenvalue weighted by molar-refractivity contribution is 14.0. The number of aromatic nitrogens is 2. The Balaban J connectivity index is 0.00000312. The van der Waals surface area contributed by atoms with Crippen molar-refractivity contribution in [3.8, 4) is 0 Å². The zero-order valence-electron chi connectivity index (χ0n) is 16.0. The molecule has 144 valence electrons. The van der Waals surface area contributed by atoms with E-state index in [0.717, 1.165) is 25.5 Å². The zero-order valence-corrected chi connectivity index (χ0v) is 19.1. The summed E-state index contributed by atoms with van der Waals surface area (Å²) in [5.74, 6) is 2.21. The SMILES string of the molecule is CN=C(NCCS(=O)C(C)(C)C)N1CCC(Cc2cnn(C)c2)C1.I. The van der Waals surface area contributed by atoms with Gasteiger partial charge in [-0.05, 0) is 45.1 Å². The molecular weight excluding hydrogens is 449 g/mol. The summed E-state index contributed by atoms with van der Waals surface area (Å²) < 4.78 is 13.8. The average Bonchev–Trinajstić information content (AvgIpc) is 3.12. The standard InChI is InChI=1S/C17H31N5OS.HI/c1-17(2,3)24(23)9-7-19-16(18-4)22-8-6-14(13-22)10-15-11-20-21(5)12-15;/h11-12,14H,6-10,13H2,1-5H3,(H,18,19);1H. The van der Waals surface area contributed by atoms with E-state index in [1.807, 2.05) is 45.7 Å². The molecule has 0 saturated carbocycles. The fourth-order valence-corrected chi connectivity index (χ4v) is 3.90. The molecule has 1 aliphatic heterocycles. The monoisotopic (exact) mass is 481 g/mol. The van der Waals surface area contributed by atoms with Crippen LogP contribution >= 0.6 is 24.0 Å². The van der Waals surface area contributed by atoms with Crippen molar-refractivity contribution in [1.82, 2.24) is 20.0 Å². The van der Waals surface area contributed by atoms with Crippen LogP contribution in [0.4, 0.5) is 0 Å². The van der Waals surface area contributed by atoms with Gasteiger partial charge in [0, 0.05) is 61.2 Å². The van der Waals surface area contributed by atoms with Crippen LogP contribution in [0.15, 0.2) is 17.4 Å². The number of nitrogens with one attached hydrogen (secondary N) is 1. The van der Waals surface area contributed by atoms with Gasteiger partial charge in [-0.25, -0.2) is 0 Å². The molecule has 0 bridgehead atoms. The van der Waals surface area contributed by atoms with E-state index < -0.39 is 10.8 Å². The van der Waals surface area contributed by atoms with Crippen molar-refractivity contribution < 1.29 is 4.21 Å². The number of guanidine groups is 1. The van der Waals surface area contributed by atoms with Crippen LogP contribution in [0.5, 0.6) is 0 Å². The minimum atomic E-state index is -0.834. The number of aliphatic imine (C=N–C) groups is 1. The number of aryl methyl sites for hydroxylation is 1. The highest BCUT2D eigenvalue weighted by Gasteiger charge is 2.25. The molecule has 1 fully saturated rings. The van der Waals surface area contributed by atoms with E-state index in [1.165, 1.54) is 12.0 Å². The van der Waals surface area contributed by atoms with Gasteiger partial charge in [0.2, 0.25) is 0 Å². The summed E-state index contributed by atoms with van der Waals surface area (Å²) in [6.45, 7) is 8.77. The Morgan fingerprint density at radius 2 is 2.20 bits per heavy atom. The number of hydrogen-bond donors (Lipinski definition) is 1. The van der Waals surface area contributed by atoms with E-state index in [2.05, 4.69) is 26.5 Å². The van der Waals surface area contributed by atoms with Gasteiger partial charge >= 0.3 is 0 Å². The first-order valence-electron chi connectivity index (χ1n) is 8.61. The molecule has 1 N–H and O–H groups in total. The maximum Gasteiger partial charge on any atom is 0.193 e. The first-order chi connectivity index (χ1) is 11.3. The van der Waals surface area contributed by atoms with Gasteiger partial charge in [0.1, 0.15) is 0 Å². The van der Waals surface area contributed by atoms with Gasteiger partial charge in [-0.3, -0.25) is 13.9 Å². The summed E-state index contributed by atoms with van der Waals surface area (Å²) in [7, 11) is 2.94. The third-order valence-electron chi connectivity index (χ3n) is 4.33. The molecule has 2 atom stereocenters. The Morgan fingerprint density at radius 1 is 1.48 bits per heavy atom. The molecule has 6 nitrogen and oxygen atoms in total. The third-order valence-corrected chi connectivity index (χ3v) is 6.27. The summed E-state index contributed by atoms with van der Waals surface area (Å²) in [5.41, 5.74) is 1.30. The normalized spacial score (nSPS) is 19.6. The average molecular weight is 481 g/mol. The quantitative estimate of drug-likeness (QED) is 0.397. The van der Waals surface area contributed by atoms with Gasteiger partial charge in [-0.1, -0.05) is 0 Å². The Bertz CT molecular complexity index is 596. The molecule has 8 heteroatoms. The second-order valence-electron chi connectivity index (χ2n) is 7.46. The molecule has 1 aliphatic rings. The maximum absolute atomic E-state index is 12.1. The van der Waals surface area contributed by atoms with E-state index >= 15 is 0 Å². The lowest BCUT2D eigenvalue weighted by atomic mass is 10.0. The maximum atomic E-state index is 12.1. The third kappa shape index (κ3) is 6.88. The Morgan fingerprint density at radius 3 is 2.76 bits per heavy atom. The summed E-state index contributed by atoms with van der Waals surface area (Å²) in [6.07, 6.45) is 6.29. The lowest BCUT2D eigenvalue weighted by molar-refractivity contribution is 0.461. The van der Waals surface area contributed by atoms with E-state index in [4.69, 9.17) is 0 Å². The van der Waals surface area contributed by atoms with Crippen LogP contribution < -0.4 is 5.32 Å². The summed E-state index contributed by atoms with van der Waals surface area (Å²) >= 11 is 0. The number of likely N-dealkylation sites (tertiary alicyclic amines) is 1. The largest absolute Gasteiger partial charge is 0.355 e. The highest BCUT2D eigenvalue weighted by Crippen LogP contribution is 2.20. The Hall–Kier alpha value is -0.640. The van der Waals surface area contributed by atoms with Crippen molar-refractivity contribution in [2.24, 2.45) is 18.0 Å². The molecule has 1 saturated heterocycles. The van der Waals surface area contributed by atoms with E-state index in [9.17, 15) is 4.21 Å². The topological polar surface area (TPSA) is 62.5 Å². The lowest BCUT2D eigenvalue weighted by Crippen LogP contribution is -2.42. The van der Waals surface area contributed by atoms with E-state index in [0.29, 0.717) is 18.2 Å². The van der Waals surface area contributed by atoms with Crippen molar-refractivity contribution in [2.45, 2.75) is 38.4 Å². The van der Waals surface area contributed by atoms with Crippen LogP contribution in [0.1, 0.15) is 32.8 Å². The summed E-state index contributed by atoms with van der Waals surface area (Å²) in [4.78, 5) is 6.70. The van der Waals surface area contributed by atoms with Gasteiger partial charge in [0.15, 0.2) is 5.96 Å². The first kappa shape index (κ1) is 22.4. The predicted octanol–water partition coefficient (Wildman–Crippen LogP) is 2.03. The molecule has 2 unspecified atom stereocenters. The Labute approximate surface area is 171 Å². The number of halogens is 1. The summed E-state index contributed by atoms with van der Waals surface area (Å²) in [5, 5.41) is 7.61. The van der Waals surface area contributed by atoms with Crippen LogP contribution in [0.3, 0.4) is 0 Å². The van der Waals surface area contributed by atoms with Crippen molar-refractivity contribution in [3.63, 3.8) is 0 Å². The van der Waals surface area contributed by atoms with Crippen LogP contribution in [0.2, 0.25) is 0 Å². The van der Waals surface area contributed by atoms with Gasteiger partial charge in [-0.15, -0.1) is 24.0 Å². The van der Waals surface area contributed by atoms with Gasteiger partial charge in [0.25, 0.3) is 0 Å². The van der Waals surface area contributed by atoms with Gasteiger partial charge in [0.05, 0.1) is 6.20 Å². The van der Waals surface area contributed by atoms with Crippen LogP contribution in [0.25, 0.3) is 0 Å². The first-order valence-corrected chi connectivity index (χ1v) is 9.93.